The van der Waals surface area contributed by atoms with Gasteiger partial charge in [-0.05, 0) is 31.5 Å². The molecule has 0 atom stereocenters. The van der Waals surface area contributed by atoms with Crippen LogP contribution in [-0.4, -0.2) is 12.6 Å². The average molecular weight is 194 g/mol. The highest BCUT2D eigenvalue weighted by atomic mass is 16.5. The normalized spacial score (nSPS) is 9.86. The topological polar surface area (TPSA) is 78.3 Å². The van der Waals surface area contributed by atoms with Gasteiger partial charge in [-0.2, -0.15) is 0 Å². The molecule has 4 nitrogen and oxygen atoms in total. The lowest BCUT2D eigenvalue weighted by Crippen LogP contribution is -2.11. The van der Waals surface area contributed by atoms with Gasteiger partial charge in [0, 0.05) is 11.4 Å². The van der Waals surface area contributed by atoms with Crippen molar-refractivity contribution in [3.8, 4) is 0 Å². The molecule has 0 amide bonds. The quantitative estimate of drug-likeness (QED) is 0.550. The van der Waals surface area contributed by atoms with E-state index >= 15 is 0 Å². The first kappa shape index (κ1) is 10.4. The van der Waals surface area contributed by atoms with Crippen LogP contribution in [0.25, 0.3) is 0 Å². The van der Waals surface area contributed by atoms with E-state index in [9.17, 15) is 4.79 Å². The summed E-state index contributed by atoms with van der Waals surface area (Å²) in [5, 5.41) is 0. The number of hydrogen-bond donors (Lipinski definition) is 2. The highest BCUT2D eigenvalue weighted by Gasteiger charge is 2.14. The van der Waals surface area contributed by atoms with Crippen molar-refractivity contribution in [2.75, 3.05) is 18.1 Å². The van der Waals surface area contributed by atoms with E-state index < -0.39 is 5.97 Å². The van der Waals surface area contributed by atoms with E-state index in [1.165, 1.54) is 0 Å². The van der Waals surface area contributed by atoms with E-state index in [0.29, 0.717) is 18.0 Å². The Hall–Kier alpha value is -1.71. The van der Waals surface area contributed by atoms with Crippen LogP contribution in [0.15, 0.2) is 12.1 Å². The minimum absolute atomic E-state index is 0.262. The van der Waals surface area contributed by atoms with Gasteiger partial charge < -0.3 is 16.2 Å². The molecule has 4 N–H and O–H groups in total. The second-order valence-electron chi connectivity index (χ2n) is 3.04. The minimum atomic E-state index is -0.470. The second-order valence-corrected chi connectivity index (χ2v) is 3.04. The molecule has 0 fully saturated rings. The molecule has 0 aliphatic carbocycles. The van der Waals surface area contributed by atoms with Crippen molar-refractivity contribution in [3.05, 3.63) is 23.3 Å². The smallest absolute Gasteiger partial charge is 0.342 e. The maximum absolute atomic E-state index is 11.4. The Morgan fingerprint density at radius 1 is 1.36 bits per heavy atom. The van der Waals surface area contributed by atoms with Crippen LogP contribution < -0.4 is 11.5 Å². The molecule has 1 rings (SSSR count). The van der Waals surface area contributed by atoms with Crippen molar-refractivity contribution >= 4 is 17.3 Å². The molecule has 1 aromatic carbocycles. The maximum Gasteiger partial charge on any atom is 0.342 e. The fraction of sp³-hybridized carbons (Fsp3) is 0.300. The van der Waals surface area contributed by atoms with E-state index in [-0.39, 0.29) is 5.56 Å². The van der Waals surface area contributed by atoms with Gasteiger partial charge in [-0.3, -0.25) is 0 Å². The first-order valence-corrected chi connectivity index (χ1v) is 4.39. The number of nitrogen functional groups attached to an aromatic ring is 2. The molecule has 0 unspecified atom stereocenters. The molecule has 0 saturated heterocycles. The number of anilines is 2. The first-order valence-electron chi connectivity index (χ1n) is 4.39. The van der Waals surface area contributed by atoms with Gasteiger partial charge in [-0.25, -0.2) is 4.79 Å². The third-order valence-corrected chi connectivity index (χ3v) is 1.82. The largest absolute Gasteiger partial charge is 0.462 e. The molecule has 76 valence electrons. The second kappa shape index (κ2) is 4.00. The molecule has 0 aliphatic heterocycles. The summed E-state index contributed by atoms with van der Waals surface area (Å²) < 4.78 is 4.83. The molecule has 0 saturated carbocycles. The summed E-state index contributed by atoms with van der Waals surface area (Å²) in [5.74, 6) is -0.470. The van der Waals surface area contributed by atoms with Gasteiger partial charge in [0.05, 0.1) is 6.61 Å². The first-order chi connectivity index (χ1) is 6.56. The summed E-state index contributed by atoms with van der Waals surface area (Å²) in [6, 6.07) is 3.39. The highest BCUT2D eigenvalue weighted by molar-refractivity contribution is 6.00. The van der Waals surface area contributed by atoms with Crippen molar-refractivity contribution in [2.24, 2.45) is 0 Å². The third kappa shape index (κ3) is 1.96. The van der Waals surface area contributed by atoms with Crippen LogP contribution in [0.1, 0.15) is 22.8 Å². The van der Waals surface area contributed by atoms with E-state index in [1.807, 2.05) is 6.92 Å². The molecule has 1 aromatic rings. The van der Waals surface area contributed by atoms with Gasteiger partial charge in [0.2, 0.25) is 0 Å². The van der Waals surface area contributed by atoms with Crippen molar-refractivity contribution < 1.29 is 9.53 Å². The molecule has 0 radical (unpaired) electrons. The van der Waals surface area contributed by atoms with Crippen LogP contribution in [-0.2, 0) is 4.74 Å². The predicted octanol–water partition coefficient (Wildman–Crippen LogP) is 1.34. The summed E-state index contributed by atoms with van der Waals surface area (Å²) >= 11 is 0. The molecule has 4 heteroatoms. The van der Waals surface area contributed by atoms with Crippen LogP contribution in [0.5, 0.6) is 0 Å². The van der Waals surface area contributed by atoms with E-state index in [1.54, 1.807) is 19.1 Å². The highest BCUT2D eigenvalue weighted by Crippen LogP contribution is 2.22. The van der Waals surface area contributed by atoms with Gasteiger partial charge in [0.1, 0.15) is 5.56 Å². The molecular weight excluding hydrogens is 180 g/mol. The Bertz CT molecular complexity index is 338. The van der Waals surface area contributed by atoms with Crippen LogP contribution in [0.3, 0.4) is 0 Å². The number of rotatable bonds is 2. The molecule has 0 heterocycles. The summed E-state index contributed by atoms with van der Waals surface area (Å²) in [7, 11) is 0. The SMILES string of the molecule is CCOC(=O)c1c(N)cc(C)cc1N. The van der Waals surface area contributed by atoms with Gasteiger partial charge in [-0.1, -0.05) is 0 Å². The number of ether oxygens (including phenoxy) is 1. The van der Waals surface area contributed by atoms with Crippen LogP contribution in [0.4, 0.5) is 11.4 Å². The van der Waals surface area contributed by atoms with Crippen molar-refractivity contribution in [1.29, 1.82) is 0 Å². The zero-order chi connectivity index (χ0) is 10.7. The van der Waals surface area contributed by atoms with E-state index in [4.69, 9.17) is 16.2 Å². The van der Waals surface area contributed by atoms with Gasteiger partial charge >= 0.3 is 5.97 Å². The third-order valence-electron chi connectivity index (χ3n) is 1.82. The fourth-order valence-corrected chi connectivity index (χ4v) is 1.28. The molecule has 14 heavy (non-hydrogen) atoms. The molecule has 0 spiro atoms. The number of carbonyl (C=O) groups excluding carboxylic acids is 1. The van der Waals surface area contributed by atoms with Crippen LogP contribution in [0.2, 0.25) is 0 Å². The maximum atomic E-state index is 11.4. The monoisotopic (exact) mass is 194 g/mol. The predicted molar refractivity (Wildman–Crippen MR) is 56.0 cm³/mol. The van der Waals surface area contributed by atoms with Gasteiger partial charge in [-0.15, -0.1) is 0 Å². The van der Waals surface area contributed by atoms with Crippen molar-refractivity contribution in [1.82, 2.24) is 0 Å². The van der Waals surface area contributed by atoms with Gasteiger partial charge in [0.25, 0.3) is 0 Å². The van der Waals surface area contributed by atoms with Crippen LogP contribution in [0, 0.1) is 6.92 Å². The summed E-state index contributed by atoms with van der Waals surface area (Å²) in [6.45, 7) is 3.91. The lowest BCUT2D eigenvalue weighted by atomic mass is 10.1. The number of nitrogens with two attached hydrogens (primary N) is 2. The van der Waals surface area contributed by atoms with Gasteiger partial charge in [0.15, 0.2) is 0 Å². The lowest BCUT2D eigenvalue weighted by Gasteiger charge is -2.09. The number of hydrogen-bond acceptors (Lipinski definition) is 4. The summed E-state index contributed by atoms with van der Waals surface area (Å²) in [6.07, 6.45) is 0. The Morgan fingerprint density at radius 3 is 2.29 bits per heavy atom. The average Bonchev–Trinajstić information content (AvgIpc) is 2.01. The molecular formula is C10H14N2O2. The number of esters is 1. The zero-order valence-corrected chi connectivity index (χ0v) is 8.33. The Balaban J connectivity index is 3.14. The van der Waals surface area contributed by atoms with Crippen LogP contribution >= 0.6 is 0 Å². The Morgan fingerprint density at radius 2 is 1.86 bits per heavy atom. The number of benzene rings is 1. The van der Waals surface area contributed by atoms with E-state index in [2.05, 4.69) is 0 Å². The Kier molecular flexibility index (Phi) is 2.96. The van der Waals surface area contributed by atoms with Crippen molar-refractivity contribution in [2.45, 2.75) is 13.8 Å². The number of aryl methyl sites for hydroxylation is 1. The molecule has 0 bridgehead atoms. The van der Waals surface area contributed by atoms with Crippen molar-refractivity contribution in [3.63, 3.8) is 0 Å². The fourth-order valence-electron chi connectivity index (χ4n) is 1.28. The summed E-state index contributed by atoms with van der Waals surface area (Å²) in [5.41, 5.74) is 13.3. The summed E-state index contributed by atoms with van der Waals surface area (Å²) in [4.78, 5) is 11.4. The minimum Gasteiger partial charge on any atom is -0.462 e. The lowest BCUT2D eigenvalue weighted by molar-refractivity contribution is 0.0529. The Labute approximate surface area is 82.8 Å². The van der Waals surface area contributed by atoms with E-state index in [0.717, 1.165) is 5.56 Å². The molecule has 0 aromatic heterocycles. The zero-order valence-electron chi connectivity index (χ0n) is 8.33. The number of carbonyl (C=O) groups is 1. The molecule has 0 aliphatic rings. The standard InChI is InChI=1S/C10H14N2O2/c1-3-14-10(13)9-7(11)4-6(2)5-8(9)12/h4-5H,3,11-12H2,1-2H3.